The molecule has 1 amide bonds. The van der Waals surface area contributed by atoms with E-state index in [1.165, 1.54) is 31.0 Å². The zero-order valence-electron chi connectivity index (χ0n) is 16.8. The highest BCUT2D eigenvalue weighted by Gasteiger charge is 2.35. The maximum absolute atomic E-state index is 13.3. The fourth-order valence-electron chi connectivity index (χ4n) is 4.29. The monoisotopic (exact) mass is 493 g/mol. The number of hydrogen-bond acceptors (Lipinski definition) is 7. The summed E-state index contributed by atoms with van der Waals surface area (Å²) in [5.41, 5.74) is 1.25. The summed E-state index contributed by atoms with van der Waals surface area (Å²) in [6.45, 7) is 3.01. The molecule has 6 nitrogen and oxygen atoms in total. The maximum Gasteiger partial charge on any atom is 0.252 e. The number of thiophene rings is 3. The van der Waals surface area contributed by atoms with Crippen LogP contribution in [0.3, 0.4) is 0 Å². The summed E-state index contributed by atoms with van der Waals surface area (Å²) < 4.78 is 27.4. The van der Waals surface area contributed by atoms with Crippen molar-refractivity contribution >= 4 is 49.9 Å². The van der Waals surface area contributed by atoms with Crippen molar-refractivity contribution in [1.29, 1.82) is 0 Å². The van der Waals surface area contributed by atoms with E-state index in [4.69, 9.17) is 0 Å². The van der Waals surface area contributed by atoms with E-state index in [1.807, 2.05) is 11.0 Å². The van der Waals surface area contributed by atoms with Gasteiger partial charge in [-0.3, -0.25) is 9.69 Å². The third-order valence-corrected chi connectivity index (χ3v) is 11.1. The molecule has 1 atom stereocenters. The van der Waals surface area contributed by atoms with Gasteiger partial charge in [0.2, 0.25) is 5.91 Å². The van der Waals surface area contributed by atoms with Gasteiger partial charge in [0.05, 0.1) is 12.6 Å². The van der Waals surface area contributed by atoms with E-state index in [9.17, 15) is 13.2 Å². The van der Waals surface area contributed by atoms with Gasteiger partial charge in [-0.1, -0.05) is 12.1 Å². The molecule has 164 valence electrons. The number of rotatable bonds is 5. The zero-order valence-corrected chi connectivity index (χ0v) is 20.1. The number of fused-ring (bicyclic) bond motifs is 1. The summed E-state index contributed by atoms with van der Waals surface area (Å²) >= 11 is 4.71. The molecule has 0 N–H and O–H groups in total. The normalized spacial score (nSPS) is 20.6. The third kappa shape index (κ3) is 4.12. The summed E-state index contributed by atoms with van der Waals surface area (Å²) in [7, 11) is -3.42. The molecule has 0 spiro atoms. The largest absolute Gasteiger partial charge is 0.329 e. The minimum absolute atomic E-state index is 0.0111. The molecular weight excluding hydrogens is 471 g/mol. The molecular formula is C21H23N3O3S4. The molecule has 3 aromatic heterocycles. The SMILES string of the molecule is O=C(CN1CCN(S(=O)(=O)c2cccs2)CC1)N1CCc2sccc2C1c1cccs1. The van der Waals surface area contributed by atoms with Crippen molar-refractivity contribution < 1.29 is 13.2 Å². The van der Waals surface area contributed by atoms with Gasteiger partial charge in [0.1, 0.15) is 4.21 Å². The van der Waals surface area contributed by atoms with Crippen LogP contribution < -0.4 is 0 Å². The van der Waals surface area contributed by atoms with Crippen molar-refractivity contribution in [1.82, 2.24) is 14.1 Å². The second kappa shape index (κ2) is 8.76. The van der Waals surface area contributed by atoms with Crippen molar-refractivity contribution in [3.8, 4) is 0 Å². The van der Waals surface area contributed by atoms with Crippen LogP contribution in [0.25, 0.3) is 0 Å². The Bertz CT molecular complexity index is 1130. The minimum atomic E-state index is -3.42. The Hall–Kier alpha value is -1.56. The van der Waals surface area contributed by atoms with E-state index in [-0.39, 0.29) is 11.9 Å². The lowest BCUT2D eigenvalue weighted by atomic mass is 9.98. The van der Waals surface area contributed by atoms with Gasteiger partial charge in [-0.05, 0) is 46.3 Å². The van der Waals surface area contributed by atoms with Crippen LogP contribution in [-0.4, -0.2) is 67.7 Å². The average Bonchev–Trinajstić information content (AvgIpc) is 3.56. The third-order valence-electron chi connectivity index (χ3n) is 5.88. The molecule has 0 bridgehead atoms. The summed E-state index contributed by atoms with van der Waals surface area (Å²) in [4.78, 5) is 20.0. The van der Waals surface area contributed by atoms with Crippen molar-refractivity contribution in [2.45, 2.75) is 16.7 Å². The second-order valence-corrected chi connectivity index (χ2v) is 12.8. The summed E-state index contributed by atoms with van der Waals surface area (Å²) in [6, 6.07) is 9.69. The van der Waals surface area contributed by atoms with Crippen LogP contribution in [0.5, 0.6) is 0 Å². The smallest absolute Gasteiger partial charge is 0.252 e. The Kier molecular flexibility index (Phi) is 6.02. The molecule has 10 heteroatoms. The number of hydrogen-bond donors (Lipinski definition) is 0. The first kappa shape index (κ1) is 21.3. The number of piperazine rings is 1. The van der Waals surface area contributed by atoms with Gasteiger partial charge in [-0.15, -0.1) is 34.0 Å². The first-order valence-electron chi connectivity index (χ1n) is 10.2. The van der Waals surface area contributed by atoms with Gasteiger partial charge in [0.25, 0.3) is 10.0 Å². The topological polar surface area (TPSA) is 60.9 Å². The van der Waals surface area contributed by atoms with Gasteiger partial charge in [0.15, 0.2) is 0 Å². The first-order valence-corrected chi connectivity index (χ1v) is 14.3. The predicted octanol–water partition coefficient (Wildman–Crippen LogP) is 3.35. The van der Waals surface area contributed by atoms with E-state index in [1.54, 1.807) is 40.2 Å². The second-order valence-electron chi connectivity index (χ2n) is 7.67. The number of sulfonamides is 1. The minimum Gasteiger partial charge on any atom is -0.329 e. The molecule has 0 radical (unpaired) electrons. The van der Waals surface area contributed by atoms with Crippen molar-refractivity contribution in [3.05, 3.63) is 61.8 Å². The predicted molar refractivity (Wildman–Crippen MR) is 125 cm³/mol. The lowest BCUT2D eigenvalue weighted by Gasteiger charge is -2.38. The van der Waals surface area contributed by atoms with Crippen LogP contribution in [0, 0.1) is 0 Å². The molecule has 5 heterocycles. The van der Waals surface area contributed by atoms with E-state index < -0.39 is 10.0 Å². The molecule has 0 aliphatic carbocycles. The van der Waals surface area contributed by atoms with Crippen LogP contribution in [0.2, 0.25) is 0 Å². The Labute approximate surface area is 194 Å². The van der Waals surface area contributed by atoms with Crippen LogP contribution in [0.15, 0.2) is 50.7 Å². The summed E-state index contributed by atoms with van der Waals surface area (Å²) in [5, 5.41) is 5.96. The van der Waals surface area contributed by atoms with E-state index >= 15 is 0 Å². The van der Waals surface area contributed by atoms with Crippen molar-refractivity contribution in [2.75, 3.05) is 39.3 Å². The van der Waals surface area contributed by atoms with E-state index in [0.29, 0.717) is 36.9 Å². The van der Waals surface area contributed by atoms with Gasteiger partial charge in [0, 0.05) is 42.5 Å². The van der Waals surface area contributed by atoms with Gasteiger partial charge >= 0.3 is 0 Å². The fourth-order valence-corrected chi connectivity index (χ4v) is 8.61. The highest BCUT2D eigenvalue weighted by atomic mass is 32.2. The molecule has 3 aromatic rings. The molecule has 1 fully saturated rings. The first-order chi connectivity index (χ1) is 15.0. The van der Waals surface area contributed by atoms with Gasteiger partial charge in [-0.25, -0.2) is 8.42 Å². The highest BCUT2D eigenvalue weighted by molar-refractivity contribution is 7.91. The lowest BCUT2D eigenvalue weighted by Crippen LogP contribution is -2.52. The maximum atomic E-state index is 13.3. The highest BCUT2D eigenvalue weighted by Crippen LogP contribution is 2.39. The molecule has 0 aromatic carbocycles. The molecule has 1 saturated heterocycles. The number of carbonyl (C=O) groups excluding carboxylic acids is 1. The van der Waals surface area contributed by atoms with Crippen LogP contribution in [-0.2, 0) is 21.2 Å². The quantitative estimate of drug-likeness (QED) is 0.547. The standard InChI is InChI=1S/C21H23N3O3S4/c25-19(15-22-8-10-23(11-9-22)31(26,27)20-4-2-13-30-20)24-7-5-17-16(6-14-29-17)21(24)18-3-1-12-28-18/h1-4,6,12-14,21H,5,7-11,15H2. The van der Waals surface area contributed by atoms with E-state index in [2.05, 4.69) is 27.8 Å². The lowest BCUT2D eigenvalue weighted by molar-refractivity contribution is -0.134. The van der Waals surface area contributed by atoms with Gasteiger partial charge in [-0.2, -0.15) is 4.31 Å². The Balaban J connectivity index is 1.26. The van der Waals surface area contributed by atoms with Crippen LogP contribution in [0.1, 0.15) is 21.4 Å². The molecule has 2 aliphatic heterocycles. The van der Waals surface area contributed by atoms with Crippen LogP contribution >= 0.6 is 34.0 Å². The fraction of sp³-hybridized carbons (Fsp3) is 0.381. The number of nitrogens with zero attached hydrogens (tertiary/aromatic N) is 3. The zero-order chi connectivity index (χ0) is 21.4. The van der Waals surface area contributed by atoms with Crippen molar-refractivity contribution in [2.24, 2.45) is 0 Å². The Morgan fingerprint density at radius 1 is 0.935 bits per heavy atom. The average molecular weight is 494 g/mol. The molecule has 5 rings (SSSR count). The van der Waals surface area contributed by atoms with E-state index in [0.717, 1.165) is 13.0 Å². The Morgan fingerprint density at radius 2 is 1.71 bits per heavy atom. The summed E-state index contributed by atoms with van der Waals surface area (Å²) in [6.07, 6.45) is 0.896. The van der Waals surface area contributed by atoms with Crippen LogP contribution in [0.4, 0.5) is 0 Å². The molecule has 0 saturated carbocycles. The van der Waals surface area contributed by atoms with Crippen molar-refractivity contribution in [3.63, 3.8) is 0 Å². The molecule has 2 aliphatic rings. The van der Waals surface area contributed by atoms with Gasteiger partial charge < -0.3 is 4.90 Å². The molecule has 1 unspecified atom stereocenters. The Morgan fingerprint density at radius 3 is 2.42 bits per heavy atom. The number of carbonyl (C=O) groups is 1. The molecule has 31 heavy (non-hydrogen) atoms. The number of amides is 1. The summed E-state index contributed by atoms with van der Waals surface area (Å²) in [5.74, 6) is 0.116.